The minimum Gasteiger partial charge on any atom is -0.495 e. The van der Waals surface area contributed by atoms with Gasteiger partial charge < -0.3 is 10.1 Å². The Kier molecular flexibility index (Phi) is 4.35. The number of likely N-dealkylation sites (N-methyl/N-ethyl adjacent to an activating group) is 1. The van der Waals surface area contributed by atoms with E-state index in [1.165, 1.54) is 12.1 Å². The Balaban J connectivity index is 2.99. The van der Waals surface area contributed by atoms with Crippen molar-refractivity contribution < 1.29 is 9.13 Å². The molecule has 0 aromatic heterocycles. The van der Waals surface area contributed by atoms with Crippen molar-refractivity contribution >= 4 is 15.9 Å². The first-order valence-electron chi connectivity index (χ1n) is 4.35. The maximum Gasteiger partial charge on any atom is 0.136 e. The zero-order chi connectivity index (χ0) is 10.6. The van der Waals surface area contributed by atoms with Crippen LogP contribution >= 0.6 is 15.9 Å². The van der Waals surface area contributed by atoms with Crippen molar-refractivity contribution in [3.05, 3.63) is 28.0 Å². The maximum atomic E-state index is 13.1. The molecule has 1 aromatic rings. The SMILES string of the molecule is CNCCc1cc(F)cc(Br)c1OC. The molecule has 0 saturated carbocycles. The van der Waals surface area contributed by atoms with Gasteiger partial charge in [0.2, 0.25) is 0 Å². The number of hydrogen-bond acceptors (Lipinski definition) is 2. The van der Waals surface area contributed by atoms with Gasteiger partial charge >= 0.3 is 0 Å². The van der Waals surface area contributed by atoms with Crippen LogP contribution in [0.3, 0.4) is 0 Å². The first-order chi connectivity index (χ1) is 6.69. The number of benzene rings is 1. The third-order valence-electron chi connectivity index (χ3n) is 1.93. The molecule has 1 rings (SSSR count). The first-order valence-corrected chi connectivity index (χ1v) is 5.15. The molecule has 0 bridgehead atoms. The van der Waals surface area contributed by atoms with E-state index >= 15 is 0 Å². The predicted molar refractivity (Wildman–Crippen MR) is 58.3 cm³/mol. The fraction of sp³-hybridized carbons (Fsp3) is 0.400. The summed E-state index contributed by atoms with van der Waals surface area (Å²) in [7, 11) is 3.45. The van der Waals surface area contributed by atoms with E-state index in [4.69, 9.17) is 4.74 Å². The van der Waals surface area contributed by atoms with Crippen molar-refractivity contribution in [2.24, 2.45) is 0 Å². The molecule has 0 fully saturated rings. The molecule has 0 spiro atoms. The van der Waals surface area contributed by atoms with E-state index in [2.05, 4.69) is 21.2 Å². The Morgan fingerprint density at radius 1 is 1.50 bits per heavy atom. The number of hydrogen-bond donors (Lipinski definition) is 1. The summed E-state index contributed by atoms with van der Waals surface area (Å²) in [5, 5.41) is 3.01. The normalized spacial score (nSPS) is 10.3. The summed E-state index contributed by atoms with van der Waals surface area (Å²) in [6, 6.07) is 2.91. The monoisotopic (exact) mass is 261 g/mol. The fourth-order valence-electron chi connectivity index (χ4n) is 1.29. The van der Waals surface area contributed by atoms with E-state index in [9.17, 15) is 4.39 Å². The number of methoxy groups -OCH3 is 1. The van der Waals surface area contributed by atoms with Crippen LogP contribution in [-0.2, 0) is 6.42 Å². The highest BCUT2D eigenvalue weighted by Crippen LogP contribution is 2.30. The molecule has 0 aliphatic carbocycles. The Morgan fingerprint density at radius 3 is 2.79 bits per heavy atom. The molecule has 14 heavy (non-hydrogen) atoms. The number of nitrogens with one attached hydrogen (secondary N) is 1. The summed E-state index contributed by atoms with van der Waals surface area (Å²) in [6.45, 7) is 0.798. The highest BCUT2D eigenvalue weighted by atomic mass is 79.9. The van der Waals surface area contributed by atoms with Gasteiger partial charge in [-0.15, -0.1) is 0 Å². The van der Waals surface area contributed by atoms with Gasteiger partial charge in [-0.05, 0) is 53.6 Å². The fourth-order valence-corrected chi connectivity index (χ4v) is 1.92. The van der Waals surface area contributed by atoms with Crippen molar-refractivity contribution in [1.82, 2.24) is 5.32 Å². The van der Waals surface area contributed by atoms with Crippen LogP contribution in [-0.4, -0.2) is 20.7 Å². The first kappa shape index (κ1) is 11.5. The van der Waals surface area contributed by atoms with Gasteiger partial charge in [-0.1, -0.05) is 0 Å². The Morgan fingerprint density at radius 2 is 2.21 bits per heavy atom. The van der Waals surface area contributed by atoms with Gasteiger partial charge in [0, 0.05) is 0 Å². The molecular formula is C10H13BrFNO. The Hall–Kier alpha value is -0.610. The van der Waals surface area contributed by atoms with E-state index in [1.807, 2.05) is 7.05 Å². The van der Waals surface area contributed by atoms with Crippen LogP contribution in [0.1, 0.15) is 5.56 Å². The quantitative estimate of drug-likeness (QED) is 0.899. The van der Waals surface area contributed by atoms with Crippen LogP contribution in [0.5, 0.6) is 5.75 Å². The molecule has 0 radical (unpaired) electrons. The van der Waals surface area contributed by atoms with Gasteiger partial charge in [0.05, 0.1) is 11.6 Å². The van der Waals surface area contributed by atoms with Crippen LogP contribution in [0.4, 0.5) is 4.39 Å². The van der Waals surface area contributed by atoms with Gasteiger partial charge in [-0.25, -0.2) is 4.39 Å². The molecule has 78 valence electrons. The summed E-state index contributed by atoms with van der Waals surface area (Å²) in [5.41, 5.74) is 0.869. The third-order valence-corrected chi connectivity index (χ3v) is 2.52. The molecule has 0 aliphatic heterocycles. The van der Waals surface area contributed by atoms with Gasteiger partial charge in [-0.3, -0.25) is 0 Å². The number of rotatable bonds is 4. The second-order valence-electron chi connectivity index (χ2n) is 2.93. The van der Waals surface area contributed by atoms with Gasteiger partial charge in [0.1, 0.15) is 11.6 Å². The standard InChI is InChI=1S/C10H13BrFNO/c1-13-4-3-7-5-8(12)6-9(11)10(7)14-2/h5-6,13H,3-4H2,1-2H3. The summed E-state index contributed by atoms with van der Waals surface area (Å²) < 4.78 is 18.9. The minimum absolute atomic E-state index is 0.247. The Labute approximate surface area is 91.6 Å². The number of ether oxygens (including phenoxy) is 1. The van der Waals surface area contributed by atoms with E-state index < -0.39 is 0 Å². The predicted octanol–water partition coefficient (Wildman–Crippen LogP) is 2.36. The smallest absolute Gasteiger partial charge is 0.136 e. The molecule has 2 nitrogen and oxygen atoms in total. The lowest BCUT2D eigenvalue weighted by molar-refractivity contribution is 0.405. The van der Waals surface area contributed by atoms with E-state index in [0.29, 0.717) is 10.2 Å². The number of halogens is 2. The second-order valence-corrected chi connectivity index (χ2v) is 3.79. The second kappa shape index (κ2) is 5.32. The largest absolute Gasteiger partial charge is 0.495 e. The minimum atomic E-state index is -0.247. The van der Waals surface area contributed by atoms with Crippen LogP contribution in [0.2, 0.25) is 0 Å². The lowest BCUT2D eigenvalue weighted by Crippen LogP contribution is -2.11. The summed E-state index contributed by atoms with van der Waals surface area (Å²) in [5.74, 6) is 0.463. The average molecular weight is 262 g/mol. The summed E-state index contributed by atoms with van der Waals surface area (Å²) >= 11 is 3.26. The van der Waals surface area contributed by atoms with Gasteiger partial charge in [-0.2, -0.15) is 0 Å². The van der Waals surface area contributed by atoms with Crippen molar-refractivity contribution in [3.63, 3.8) is 0 Å². The van der Waals surface area contributed by atoms with Crippen LogP contribution in [0.25, 0.3) is 0 Å². The molecule has 0 atom stereocenters. The average Bonchev–Trinajstić information content (AvgIpc) is 2.14. The zero-order valence-corrected chi connectivity index (χ0v) is 9.82. The van der Waals surface area contributed by atoms with Crippen LogP contribution in [0.15, 0.2) is 16.6 Å². The lowest BCUT2D eigenvalue weighted by Gasteiger charge is -2.10. The van der Waals surface area contributed by atoms with Gasteiger partial charge in [0.15, 0.2) is 0 Å². The van der Waals surface area contributed by atoms with Gasteiger partial charge in [0.25, 0.3) is 0 Å². The van der Waals surface area contributed by atoms with Crippen molar-refractivity contribution in [3.8, 4) is 5.75 Å². The topological polar surface area (TPSA) is 21.3 Å². The molecule has 0 unspecified atom stereocenters. The highest BCUT2D eigenvalue weighted by molar-refractivity contribution is 9.10. The van der Waals surface area contributed by atoms with Crippen molar-refractivity contribution in [2.75, 3.05) is 20.7 Å². The summed E-state index contributed by atoms with van der Waals surface area (Å²) in [4.78, 5) is 0. The maximum absolute atomic E-state index is 13.1. The molecule has 0 saturated heterocycles. The van der Waals surface area contributed by atoms with E-state index in [-0.39, 0.29) is 5.82 Å². The lowest BCUT2D eigenvalue weighted by atomic mass is 10.1. The zero-order valence-electron chi connectivity index (χ0n) is 8.23. The van der Waals surface area contributed by atoms with Crippen LogP contribution in [0, 0.1) is 5.82 Å². The van der Waals surface area contributed by atoms with E-state index in [1.54, 1.807) is 7.11 Å². The molecule has 4 heteroatoms. The molecule has 0 amide bonds. The molecule has 1 aromatic carbocycles. The molecule has 0 aliphatic rings. The molecule has 1 N–H and O–H groups in total. The van der Waals surface area contributed by atoms with Crippen molar-refractivity contribution in [2.45, 2.75) is 6.42 Å². The summed E-state index contributed by atoms with van der Waals surface area (Å²) in [6.07, 6.45) is 0.746. The van der Waals surface area contributed by atoms with Crippen LogP contribution < -0.4 is 10.1 Å². The van der Waals surface area contributed by atoms with E-state index in [0.717, 1.165) is 18.5 Å². The molecule has 0 heterocycles. The third kappa shape index (κ3) is 2.69. The van der Waals surface area contributed by atoms with Crippen molar-refractivity contribution in [1.29, 1.82) is 0 Å². The Bertz CT molecular complexity index is 317. The molecular weight excluding hydrogens is 249 g/mol. The highest BCUT2D eigenvalue weighted by Gasteiger charge is 2.09.